The van der Waals surface area contributed by atoms with E-state index in [2.05, 4.69) is 22.7 Å². The monoisotopic (exact) mass is 220 g/mol. The summed E-state index contributed by atoms with van der Waals surface area (Å²) in [5.74, 6) is 0. The largest absolute Gasteiger partial charge is 0.300 e. The molecule has 7 heteroatoms. The number of hydrogen-bond acceptors (Lipinski definition) is 5. The van der Waals surface area contributed by atoms with Gasteiger partial charge in [-0.15, -0.1) is 0 Å². The van der Waals surface area contributed by atoms with Crippen molar-refractivity contribution in [2.24, 2.45) is 5.14 Å². The zero-order valence-corrected chi connectivity index (χ0v) is 8.97. The molecule has 0 atom stereocenters. The van der Waals surface area contributed by atoms with Crippen LogP contribution in [0.5, 0.6) is 0 Å². The maximum absolute atomic E-state index is 10.9. The molecule has 2 aliphatic rings. The van der Waals surface area contributed by atoms with E-state index in [1.165, 1.54) is 0 Å². The van der Waals surface area contributed by atoms with Gasteiger partial charge in [-0.2, -0.15) is 0 Å². The third-order valence-electron chi connectivity index (χ3n) is 2.87. The molecule has 0 aliphatic carbocycles. The van der Waals surface area contributed by atoms with Gasteiger partial charge >= 0.3 is 0 Å². The molecule has 2 saturated heterocycles. The number of nitrogens with one attached hydrogen (secondary N) is 2. The number of hydrogen-bond donors (Lipinski definition) is 3. The van der Waals surface area contributed by atoms with Gasteiger partial charge in [-0.3, -0.25) is 0 Å². The zero-order chi connectivity index (χ0) is 10.4. The molecule has 14 heavy (non-hydrogen) atoms. The van der Waals surface area contributed by atoms with E-state index in [4.69, 9.17) is 5.14 Å². The minimum Gasteiger partial charge on any atom is -0.300 e. The molecular weight excluding hydrogens is 204 g/mol. The van der Waals surface area contributed by atoms with Crippen LogP contribution < -0.4 is 16.0 Å². The fraction of sp³-hybridized carbons (Fsp3) is 1.00. The van der Waals surface area contributed by atoms with E-state index < -0.39 is 10.0 Å². The quantitative estimate of drug-likeness (QED) is 0.483. The average molecular weight is 220 g/mol. The van der Waals surface area contributed by atoms with Crippen LogP contribution in [-0.2, 0) is 10.0 Å². The summed E-state index contributed by atoms with van der Waals surface area (Å²) in [7, 11) is -3.31. The number of nitrogens with two attached hydrogens (primary N) is 1. The van der Waals surface area contributed by atoms with Crippen LogP contribution in [0, 0.1) is 0 Å². The number of nitrogens with zero attached hydrogens (tertiary/aromatic N) is 1. The van der Waals surface area contributed by atoms with Crippen LogP contribution in [0.2, 0.25) is 0 Å². The molecule has 0 radical (unpaired) electrons. The first kappa shape index (κ1) is 10.3. The van der Waals surface area contributed by atoms with Crippen LogP contribution in [0.15, 0.2) is 0 Å². The van der Waals surface area contributed by atoms with E-state index in [0.29, 0.717) is 13.1 Å². The lowest BCUT2D eigenvalue weighted by Gasteiger charge is -2.37. The maximum Gasteiger partial charge on any atom is 0.214 e. The SMILES string of the molecule is CC1(CCN2CC(S(N)(=O)=O)C2)NN1. The minimum atomic E-state index is -3.31. The van der Waals surface area contributed by atoms with E-state index >= 15 is 0 Å². The molecule has 6 nitrogen and oxygen atoms in total. The van der Waals surface area contributed by atoms with Gasteiger partial charge in [-0.1, -0.05) is 0 Å². The first-order valence-electron chi connectivity index (χ1n) is 4.67. The second kappa shape index (κ2) is 3.14. The Kier molecular flexibility index (Phi) is 2.31. The predicted molar refractivity (Wildman–Crippen MR) is 52.6 cm³/mol. The molecule has 0 aromatic carbocycles. The predicted octanol–water partition coefficient (Wildman–Crippen LogP) is -1.83. The normalized spacial score (nSPS) is 27.3. The summed E-state index contributed by atoms with van der Waals surface area (Å²) in [6, 6.07) is 0. The van der Waals surface area contributed by atoms with Gasteiger partial charge in [-0.05, 0) is 13.3 Å². The van der Waals surface area contributed by atoms with Crippen LogP contribution in [0.4, 0.5) is 0 Å². The van der Waals surface area contributed by atoms with Crippen molar-refractivity contribution in [3.63, 3.8) is 0 Å². The van der Waals surface area contributed by atoms with Crippen molar-refractivity contribution in [3.8, 4) is 0 Å². The summed E-state index contributed by atoms with van der Waals surface area (Å²) >= 11 is 0. The summed E-state index contributed by atoms with van der Waals surface area (Å²) < 4.78 is 21.8. The van der Waals surface area contributed by atoms with Crippen molar-refractivity contribution in [2.75, 3.05) is 19.6 Å². The molecular formula is C7H16N4O2S. The minimum absolute atomic E-state index is 0.0622. The van der Waals surface area contributed by atoms with Crippen LogP contribution in [0.25, 0.3) is 0 Å². The lowest BCUT2D eigenvalue weighted by atomic mass is 10.1. The third-order valence-corrected chi connectivity index (χ3v) is 4.10. The van der Waals surface area contributed by atoms with E-state index in [1.54, 1.807) is 0 Å². The lowest BCUT2D eigenvalue weighted by Crippen LogP contribution is -2.56. The summed E-state index contributed by atoms with van der Waals surface area (Å²) in [6.07, 6.45) is 0.977. The highest BCUT2D eigenvalue weighted by molar-refractivity contribution is 7.89. The molecule has 2 aliphatic heterocycles. The van der Waals surface area contributed by atoms with Gasteiger partial charge in [0.05, 0.1) is 5.66 Å². The first-order valence-corrected chi connectivity index (χ1v) is 6.28. The second-order valence-corrected chi connectivity index (χ2v) is 6.15. The third kappa shape index (κ3) is 2.23. The van der Waals surface area contributed by atoms with Gasteiger partial charge in [0.1, 0.15) is 5.25 Å². The van der Waals surface area contributed by atoms with Crippen molar-refractivity contribution in [2.45, 2.75) is 24.3 Å². The molecule has 0 bridgehead atoms. The van der Waals surface area contributed by atoms with Gasteiger partial charge in [0.25, 0.3) is 0 Å². The average Bonchev–Trinajstić information content (AvgIpc) is 2.62. The molecule has 0 aromatic heterocycles. The molecule has 0 amide bonds. The lowest BCUT2D eigenvalue weighted by molar-refractivity contribution is 0.176. The molecule has 4 N–H and O–H groups in total. The van der Waals surface area contributed by atoms with E-state index in [9.17, 15) is 8.42 Å². The Hall–Kier alpha value is -0.210. The standard InChI is InChI=1S/C7H16N4O2S/c1-7(9-10-7)2-3-11-4-6(5-11)14(8,12)13/h6,9-10H,2-5H2,1H3,(H2,8,12,13). The van der Waals surface area contributed by atoms with Gasteiger partial charge < -0.3 is 4.90 Å². The van der Waals surface area contributed by atoms with Gasteiger partial charge in [0, 0.05) is 19.6 Å². The molecule has 2 fully saturated rings. The van der Waals surface area contributed by atoms with Crippen molar-refractivity contribution >= 4 is 10.0 Å². The number of likely N-dealkylation sites (tertiary alicyclic amines) is 1. The van der Waals surface area contributed by atoms with Crippen LogP contribution in [-0.4, -0.2) is 43.9 Å². The summed E-state index contributed by atoms with van der Waals surface area (Å²) in [5, 5.41) is 4.67. The Morgan fingerprint density at radius 1 is 1.50 bits per heavy atom. The number of sulfonamides is 1. The summed E-state index contributed by atoms with van der Waals surface area (Å²) in [4.78, 5) is 2.10. The van der Waals surface area contributed by atoms with Gasteiger partial charge in [0.15, 0.2) is 0 Å². The Balaban J connectivity index is 1.68. The molecule has 0 spiro atoms. The van der Waals surface area contributed by atoms with Crippen LogP contribution in [0.1, 0.15) is 13.3 Å². The molecule has 0 aromatic rings. The molecule has 2 heterocycles. The Morgan fingerprint density at radius 3 is 2.50 bits per heavy atom. The highest BCUT2D eigenvalue weighted by atomic mass is 32.2. The fourth-order valence-electron chi connectivity index (χ4n) is 1.53. The van der Waals surface area contributed by atoms with Crippen molar-refractivity contribution in [1.29, 1.82) is 0 Å². The molecule has 0 saturated carbocycles. The topological polar surface area (TPSA) is 107 Å². The van der Waals surface area contributed by atoms with E-state index in [0.717, 1.165) is 13.0 Å². The number of primary sulfonamides is 1. The van der Waals surface area contributed by atoms with E-state index in [-0.39, 0.29) is 10.9 Å². The Bertz CT molecular complexity index is 319. The van der Waals surface area contributed by atoms with Crippen molar-refractivity contribution < 1.29 is 8.42 Å². The number of hydrazine groups is 1. The van der Waals surface area contributed by atoms with Crippen molar-refractivity contribution in [3.05, 3.63) is 0 Å². The Morgan fingerprint density at radius 2 is 2.07 bits per heavy atom. The van der Waals surface area contributed by atoms with Gasteiger partial charge in [-0.25, -0.2) is 24.4 Å². The summed E-state index contributed by atoms with van der Waals surface area (Å²) in [6.45, 7) is 4.14. The van der Waals surface area contributed by atoms with Crippen LogP contribution in [0.3, 0.4) is 0 Å². The highest BCUT2D eigenvalue weighted by Crippen LogP contribution is 2.19. The zero-order valence-electron chi connectivity index (χ0n) is 8.16. The summed E-state index contributed by atoms with van der Waals surface area (Å²) in [5.41, 5.74) is 6.13. The molecule has 82 valence electrons. The van der Waals surface area contributed by atoms with E-state index in [1.807, 2.05) is 0 Å². The van der Waals surface area contributed by atoms with Crippen LogP contribution >= 0.6 is 0 Å². The highest BCUT2D eigenvalue weighted by Gasteiger charge is 2.39. The first-order chi connectivity index (χ1) is 6.39. The smallest absolute Gasteiger partial charge is 0.214 e. The Labute approximate surface area is 83.8 Å². The fourth-order valence-corrected chi connectivity index (χ4v) is 2.36. The molecule has 0 unspecified atom stereocenters. The second-order valence-electron chi connectivity index (χ2n) is 4.30. The maximum atomic E-state index is 10.9. The molecule has 2 rings (SSSR count). The van der Waals surface area contributed by atoms with Crippen molar-refractivity contribution in [1.82, 2.24) is 15.8 Å². The van der Waals surface area contributed by atoms with Gasteiger partial charge in [0.2, 0.25) is 10.0 Å². The number of rotatable bonds is 4.